The normalized spacial score (nSPS) is 19.7. The molecule has 0 spiro atoms. The first-order valence-corrected chi connectivity index (χ1v) is 12.6. The van der Waals surface area contributed by atoms with Gasteiger partial charge in [-0.3, -0.25) is 14.2 Å². The third-order valence-corrected chi connectivity index (χ3v) is 7.24. The van der Waals surface area contributed by atoms with Crippen LogP contribution in [0.15, 0.2) is 29.1 Å². The molecule has 0 unspecified atom stereocenters. The maximum absolute atomic E-state index is 13.4. The summed E-state index contributed by atoms with van der Waals surface area (Å²) < 4.78 is 41.1. The molecule has 3 heterocycles. The maximum atomic E-state index is 13.4. The third-order valence-electron chi connectivity index (χ3n) is 7.24. The molecule has 2 fully saturated rings. The zero-order valence-corrected chi connectivity index (χ0v) is 20.2. The number of hydrogen-bond acceptors (Lipinski definition) is 5. The van der Waals surface area contributed by atoms with Gasteiger partial charge in [0.05, 0.1) is 11.0 Å². The lowest BCUT2D eigenvalue weighted by atomic mass is 10.00. The third kappa shape index (κ3) is 6.03. The van der Waals surface area contributed by atoms with Gasteiger partial charge < -0.3 is 15.1 Å². The average molecular weight is 494 g/mol. The van der Waals surface area contributed by atoms with Crippen molar-refractivity contribution in [3.63, 3.8) is 0 Å². The number of rotatable bonds is 7. The molecule has 0 bridgehead atoms. The van der Waals surface area contributed by atoms with Gasteiger partial charge in [0.2, 0.25) is 11.6 Å². The summed E-state index contributed by atoms with van der Waals surface area (Å²) in [4.78, 5) is 34.0. The van der Waals surface area contributed by atoms with Crippen LogP contribution in [0.4, 0.5) is 13.2 Å². The Morgan fingerprint density at radius 3 is 2.49 bits per heavy atom. The Morgan fingerprint density at radius 1 is 1.11 bits per heavy atom. The molecule has 0 saturated carbocycles. The van der Waals surface area contributed by atoms with Crippen LogP contribution in [-0.2, 0) is 11.0 Å². The molecule has 2 aromatic rings. The molecule has 1 atom stereocenters. The summed E-state index contributed by atoms with van der Waals surface area (Å²) in [7, 11) is 0. The Bertz CT molecular complexity index is 1070. The number of fused-ring (bicyclic) bond motifs is 1. The highest BCUT2D eigenvalue weighted by atomic mass is 19.4. The van der Waals surface area contributed by atoms with Gasteiger partial charge in [-0.15, -0.1) is 0 Å². The van der Waals surface area contributed by atoms with Crippen LogP contribution in [0, 0.1) is 0 Å². The van der Waals surface area contributed by atoms with E-state index in [0.717, 1.165) is 30.6 Å². The molecule has 1 aromatic heterocycles. The second-order valence-electron chi connectivity index (χ2n) is 9.61. The van der Waals surface area contributed by atoms with E-state index < -0.39 is 29.4 Å². The van der Waals surface area contributed by atoms with E-state index in [1.54, 1.807) is 12.1 Å². The van der Waals surface area contributed by atoms with Crippen LogP contribution < -0.4 is 10.9 Å². The summed E-state index contributed by atoms with van der Waals surface area (Å²) in [6, 6.07) is 5.64. The first-order valence-electron chi connectivity index (χ1n) is 12.6. The quantitative estimate of drug-likeness (QED) is 0.599. The van der Waals surface area contributed by atoms with E-state index >= 15 is 0 Å². The molecular weight excluding hydrogens is 459 g/mol. The van der Waals surface area contributed by atoms with Gasteiger partial charge in [-0.05, 0) is 83.9 Å². The Balaban J connectivity index is 1.31. The van der Waals surface area contributed by atoms with Crippen molar-refractivity contribution in [2.45, 2.75) is 63.7 Å². The van der Waals surface area contributed by atoms with Crippen LogP contribution in [0.25, 0.3) is 11.0 Å². The highest BCUT2D eigenvalue weighted by Gasteiger charge is 2.38. The number of alkyl halides is 3. The molecule has 4 rings (SSSR count). The topological polar surface area (TPSA) is 70.5 Å². The first kappa shape index (κ1) is 25.6. The van der Waals surface area contributed by atoms with Crippen molar-refractivity contribution in [1.29, 1.82) is 0 Å². The number of hydrogen-bond donors (Lipinski definition) is 1. The number of amides is 1. The van der Waals surface area contributed by atoms with Crippen LogP contribution in [0.1, 0.15) is 57.2 Å². The summed E-state index contributed by atoms with van der Waals surface area (Å²) in [6.45, 7) is 7.23. The minimum absolute atomic E-state index is 0.0204. The maximum Gasteiger partial charge on any atom is 0.438 e. The second kappa shape index (κ2) is 11.1. The molecular formula is C25H34F3N5O2. The summed E-state index contributed by atoms with van der Waals surface area (Å²) >= 11 is 0. The van der Waals surface area contributed by atoms with E-state index in [0.29, 0.717) is 12.6 Å². The van der Waals surface area contributed by atoms with Gasteiger partial charge >= 0.3 is 6.18 Å². The molecule has 1 amide bonds. The lowest BCUT2D eigenvalue weighted by molar-refractivity contribution is -0.142. The van der Waals surface area contributed by atoms with E-state index in [4.69, 9.17) is 0 Å². The van der Waals surface area contributed by atoms with Crippen molar-refractivity contribution < 1.29 is 18.0 Å². The van der Waals surface area contributed by atoms with Crippen LogP contribution in [0.2, 0.25) is 0 Å². The lowest BCUT2D eigenvalue weighted by Crippen LogP contribution is -2.47. The van der Waals surface area contributed by atoms with Gasteiger partial charge in [0.1, 0.15) is 6.04 Å². The number of nitrogens with zero attached hydrogens (tertiary/aromatic N) is 4. The SMILES string of the molecule is C[C@@H](C(=O)NCCCN1CCC(N2CCCCC2)CC1)n1c(=O)c(C(F)(F)F)nc2ccccc21. The van der Waals surface area contributed by atoms with Crippen LogP contribution in [0.5, 0.6) is 0 Å². The fourth-order valence-corrected chi connectivity index (χ4v) is 5.29. The Labute approximate surface area is 203 Å². The summed E-state index contributed by atoms with van der Waals surface area (Å²) in [5, 5.41) is 2.80. The Morgan fingerprint density at radius 2 is 1.80 bits per heavy atom. The number of carbonyl (C=O) groups excluding carboxylic acids is 1. The number of piperidine rings is 2. The van der Waals surface area contributed by atoms with Crippen molar-refractivity contribution in [3.8, 4) is 0 Å². The first-order chi connectivity index (χ1) is 16.8. The van der Waals surface area contributed by atoms with Crippen molar-refractivity contribution in [2.75, 3.05) is 39.3 Å². The molecule has 0 radical (unpaired) electrons. The molecule has 10 heteroatoms. The molecule has 192 valence electrons. The standard InChI is InChI=1S/C25H34F3N5O2/c1-18(33-21-9-4-3-8-20(21)30-22(24(33)35)25(26,27)28)23(34)29-12-7-13-31-16-10-19(11-17-31)32-14-5-2-6-15-32/h3-4,8-9,18-19H,2,5-7,10-17H2,1H3,(H,29,34)/t18-/m0/s1. The Kier molecular flexibility index (Phi) is 8.11. The summed E-state index contributed by atoms with van der Waals surface area (Å²) in [6.07, 6.45) is 2.13. The van der Waals surface area contributed by atoms with Crippen molar-refractivity contribution in [2.24, 2.45) is 0 Å². The van der Waals surface area contributed by atoms with Gasteiger partial charge in [0.25, 0.3) is 5.56 Å². The predicted molar refractivity (Wildman–Crippen MR) is 128 cm³/mol. The minimum atomic E-state index is -4.90. The van der Waals surface area contributed by atoms with Gasteiger partial charge in [0.15, 0.2) is 0 Å². The fourth-order valence-electron chi connectivity index (χ4n) is 5.29. The van der Waals surface area contributed by atoms with E-state index in [-0.39, 0.29) is 11.0 Å². The highest BCUT2D eigenvalue weighted by Crippen LogP contribution is 2.27. The van der Waals surface area contributed by atoms with Crippen LogP contribution in [0.3, 0.4) is 0 Å². The number of para-hydroxylation sites is 2. The van der Waals surface area contributed by atoms with Crippen LogP contribution >= 0.6 is 0 Å². The number of likely N-dealkylation sites (tertiary alicyclic amines) is 2. The number of benzene rings is 1. The average Bonchev–Trinajstić information content (AvgIpc) is 2.86. The molecule has 0 aliphatic carbocycles. The van der Waals surface area contributed by atoms with Gasteiger partial charge in [-0.25, -0.2) is 4.98 Å². The van der Waals surface area contributed by atoms with Gasteiger partial charge in [-0.2, -0.15) is 13.2 Å². The van der Waals surface area contributed by atoms with Crippen LogP contribution in [-0.4, -0.2) is 70.6 Å². The van der Waals surface area contributed by atoms with Crippen molar-refractivity contribution in [3.05, 3.63) is 40.3 Å². The second-order valence-corrected chi connectivity index (χ2v) is 9.61. The van der Waals surface area contributed by atoms with E-state index in [1.165, 1.54) is 64.3 Å². The van der Waals surface area contributed by atoms with Crippen molar-refractivity contribution in [1.82, 2.24) is 24.7 Å². The Hall–Kier alpha value is -2.46. The molecule has 1 aromatic carbocycles. The van der Waals surface area contributed by atoms with Gasteiger partial charge in [0, 0.05) is 12.6 Å². The van der Waals surface area contributed by atoms with E-state index in [9.17, 15) is 22.8 Å². The highest BCUT2D eigenvalue weighted by molar-refractivity contribution is 5.83. The number of halogens is 3. The lowest BCUT2D eigenvalue weighted by Gasteiger charge is -2.40. The molecule has 7 nitrogen and oxygen atoms in total. The van der Waals surface area contributed by atoms with E-state index in [1.807, 2.05) is 0 Å². The minimum Gasteiger partial charge on any atom is -0.354 e. The number of carbonyl (C=O) groups is 1. The molecule has 35 heavy (non-hydrogen) atoms. The number of nitrogens with one attached hydrogen (secondary N) is 1. The zero-order chi connectivity index (χ0) is 25.0. The number of aromatic nitrogens is 2. The molecule has 2 aliphatic rings. The predicted octanol–water partition coefficient (Wildman–Crippen LogP) is 3.43. The summed E-state index contributed by atoms with van der Waals surface area (Å²) in [5.74, 6) is -0.486. The van der Waals surface area contributed by atoms with E-state index in [2.05, 4.69) is 20.1 Å². The zero-order valence-electron chi connectivity index (χ0n) is 20.2. The monoisotopic (exact) mass is 493 g/mol. The molecule has 1 N–H and O–H groups in total. The van der Waals surface area contributed by atoms with Crippen molar-refractivity contribution >= 4 is 16.9 Å². The van der Waals surface area contributed by atoms with Gasteiger partial charge in [-0.1, -0.05) is 18.6 Å². The summed E-state index contributed by atoms with van der Waals surface area (Å²) in [5.41, 5.74) is -2.60. The smallest absolute Gasteiger partial charge is 0.354 e. The fraction of sp³-hybridized carbons (Fsp3) is 0.640. The molecule has 2 saturated heterocycles. The largest absolute Gasteiger partial charge is 0.438 e. The molecule has 2 aliphatic heterocycles.